The van der Waals surface area contributed by atoms with Gasteiger partial charge in [0.05, 0.1) is 12.0 Å². The van der Waals surface area contributed by atoms with Gasteiger partial charge >= 0.3 is 0 Å². The van der Waals surface area contributed by atoms with E-state index in [0.717, 1.165) is 5.57 Å². The average Bonchev–Trinajstić information content (AvgIpc) is 2.44. The molecule has 1 N–H and O–H groups in total. The van der Waals surface area contributed by atoms with E-state index in [1.165, 1.54) is 17.5 Å². The quantitative estimate of drug-likeness (QED) is 0.743. The van der Waals surface area contributed by atoms with Crippen LogP contribution in [0.5, 0.6) is 5.75 Å². The zero-order chi connectivity index (χ0) is 16.0. The molecule has 118 valence electrons. The van der Waals surface area contributed by atoms with E-state index in [2.05, 4.69) is 6.58 Å². The summed E-state index contributed by atoms with van der Waals surface area (Å²) in [5, 5.41) is 9.15. The van der Waals surface area contributed by atoms with Crippen molar-refractivity contribution in [2.24, 2.45) is 0 Å². The number of rotatable bonds is 8. The van der Waals surface area contributed by atoms with Crippen LogP contribution in [0.2, 0.25) is 0 Å². The van der Waals surface area contributed by atoms with Gasteiger partial charge in [-0.15, -0.1) is 0 Å². The topological polar surface area (TPSA) is 66.8 Å². The third kappa shape index (κ3) is 4.30. The van der Waals surface area contributed by atoms with E-state index in [1.807, 2.05) is 0 Å². The van der Waals surface area contributed by atoms with Gasteiger partial charge in [-0.1, -0.05) is 19.1 Å². The van der Waals surface area contributed by atoms with Gasteiger partial charge in [0.25, 0.3) is 0 Å². The highest BCUT2D eigenvalue weighted by Crippen LogP contribution is 2.25. The molecular formula is C15H23NO4S. The SMILES string of the molecule is C=C(C)CN(CC)S(=O)(=O)c1ccc(OC)cc1CCO. The van der Waals surface area contributed by atoms with Crippen molar-refractivity contribution in [1.82, 2.24) is 4.31 Å². The molecule has 0 heterocycles. The number of hydrogen-bond acceptors (Lipinski definition) is 4. The number of nitrogens with zero attached hydrogens (tertiary/aromatic N) is 1. The lowest BCUT2D eigenvalue weighted by molar-refractivity contribution is 0.298. The second-order valence-corrected chi connectivity index (χ2v) is 6.74. The largest absolute Gasteiger partial charge is 0.497 e. The maximum absolute atomic E-state index is 12.8. The van der Waals surface area contributed by atoms with Gasteiger partial charge in [0.2, 0.25) is 10.0 Å². The van der Waals surface area contributed by atoms with Crippen LogP contribution in [0.1, 0.15) is 19.4 Å². The number of methoxy groups -OCH3 is 1. The first-order valence-corrected chi connectivity index (χ1v) is 8.23. The summed E-state index contributed by atoms with van der Waals surface area (Å²) in [7, 11) is -2.10. The van der Waals surface area contributed by atoms with Crippen molar-refractivity contribution in [3.05, 3.63) is 35.9 Å². The summed E-state index contributed by atoms with van der Waals surface area (Å²) in [4.78, 5) is 0.209. The molecule has 0 aromatic heterocycles. The van der Waals surface area contributed by atoms with Crippen molar-refractivity contribution in [2.75, 3.05) is 26.8 Å². The predicted molar refractivity (Wildman–Crippen MR) is 83.0 cm³/mol. The maximum Gasteiger partial charge on any atom is 0.243 e. The minimum atomic E-state index is -3.62. The predicted octanol–water partition coefficient (Wildman–Crippen LogP) is 1.82. The molecule has 0 aliphatic heterocycles. The Labute approximate surface area is 126 Å². The van der Waals surface area contributed by atoms with Crippen LogP contribution < -0.4 is 4.74 Å². The molecule has 0 saturated carbocycles. The Morgan fingerprint density at radius 1 is 1.43 bits per heavy atom. The number of aliphatic hydroxyl groups excluding tert-OH is 1. The van der Waals surface area contributed by atoms with Crippen LogP contribution in [0.15, 0.2) is 35.2 Å². The van der Waals surface area contributed by atoms with Gasteiger partial charge in [-0.25, -0.2) is 8.42 Å². The fraction of sp³-hybridized carbons (Fsp3) is 0.467. The second kappa shape index (κ2) is 7.59. The highest BCUT2D eigenvalue weighted by atomic mass is 32.2. The molecule has 1 aromatic rings. The van der Waals surface area contributed by atoms with Gasteiger partial charge < -0.3 is 9.84 Å². The zero-order valence-corrected chi connectivity index (χ0v) is 13.6. The lowest BCUT2D eigenvalue weighted by Crippen LogP contribution is -2.33. The summed E-state index contributed by atoms with van der Waals surface area (Å²) >= 11 is 0. The molecule has 1 rings (SSSR count). The van der Waals surface area contributed by atoms with Crippen molar-refractivity contribution in [1.29, 1.82) is 0 Å². The van der Waals surface area contributed by atoms with Gasteiger partial charge in [0.15, 0.2) is 0 Å². The van der Waals surface area contributed by atoms with E-state index in [9.17, 15) is 8.42 Å². The molecule has 0 aliphatic carbocycles. The molecule has 0 spiro atoms. The van der Waals surface area contributed by atoms with Gasteiger partial charge in [-0.3, -0.25) is 0 Å². The molecule has 0 fully saturated rings. The summed E-state index contributed by atoms with van der Waals surface area (Å²) in [6, 6.07) is 4.79. The maximum atomic E-state index is 12.8. The van der Waals surface area contributed by atoms with E-state index in [-0.39, 0.29) is 24.5 Å². The molecule has 0 atom stereocenters. The number of aliphatic hydroxyl groups is 1. The molecule has 0 aliphatic rings. The van der Waals surface area contributed by atoms with Gasteiger partial charge in [0, 0.05) is 19.7 Å². The minimum Gasteiger partial charge on any atom is -0.497 e. The van der Waals surface area contributed by atoms with Crippen LogP contribution in [0.4, 0.5) is 0 Å². The fourth-order valence-corrected chi connectivity index (χ4v) is 3.80. The van der Waals surface area contributed by atoms with E-state index >= 15 is 0 Å². The molecule has 5 nitrogen and oxygen atoms in total. The van der Waals surface area contributed by atoms with E-state index in [4.69, 9.17) is 9.84 Å². The van der Waals surface area contributed by atoms with E-state index in [1.54, 1.807) is 26.0 Å². The first kappa shape index (κ1) is 17.7. The molecule has 21 heavy (non-hydrogen) atoms. The van der Waals surface area contributed by atoms with Crippen molar-refractivity contribution < 1.29 is 18.3 Å². The Bertz CT molecular complexity index is 596. The lowest BCUT2D eigenvalue weighted by atomic mass is 10.1. The molecule has 6 heteroatoms. The van der Waals surface area contributed by atoms with Crippen LogP contribution in [-0.4, -0.2) is 44.6 Å². The smallest absolute Gasteiger partial charge is 0.243 e. The first-order valence-electron chi connectivity index (χ1n) is 6.79. The molecule has 0 unspecified atom stereocenters. The van der Waals surface area contributed by atoms with Gasteiger partial charge in [0.1, 0.15) is 5.75 Å². The van der Waals surface area contributed by atoms with E-state index in [0.29, 0.717) is 17.9 Å². The summed E-state index contributed by atoms with van der Waals surface area (Å²) < 4.78 is 32.0. The van der Waals surface area contributed by atoms with Crippen LogP contribution in [0, 0.1) is 0 Å². The van der Waals surface area contributed by atoms with Gasteiger partial charge in [-0.05, 0) is 37.1 Å². The standard InChI is InChI=1S/C15H23NO4S/c1-5-16(11-12(2)3)21(18,19)15-7-6-14(20-4)10-13(15)8-9-17/h6-7,10,17H,2,5,8-9,11H2,1,3-4H3. The summed E-state index contributed by atoms with van der Waals surface area (Å²) in [6.45, 7) is 7.87. The van der Waals surface area contributed by atoms with Crippen molar-refractivity contribution in [2.45, 2.75) is 25.2 Å². The monoisotopic (exact) mass is 313 g/mol. The molecule has 0 bridgehead atoms. The number of ether oxygens (including phenoxy) is 1. The van der Waals surface area contributed by atoms with Crippen LogP contribution in [0.3, 0.4) is 0 Å². The summed E-state index contributed by atoms with van der Waals surface area (Å²) in [5.41, 5.74) is 1.33. The number of hydrogen-bond donors (Lipinski definition) is 1. The van der Waals surface area contributed by atoms with Gasteiger partial charge in [-0.2, -0.15) is 4.31 Å². The van der Waals surface area contributed by atoms with Crippen LogP contribution in [-0.2, 0) is 16.4 Å². The number of likely N-dealkylation sites (N-methyl/N-ethyl adjacent to an activating group) is 1. The Balaban J connectivity index is 3.31. The Hall–Kier alpha value is -1.37. The highest BCUT2D eigenvalue weighted by Gasteiger charge is 2.25. The zero-order valence-electron chi connectivity index (χ0n) is 12.8. The molecular weight excluding hydrogens is 290 g/mol. The Kier molecular flexibility index (Phi) is 6.39. The van der Waals surface area contributed by atoms with Crippen molar-refractivity contribution >= 4 is 10.0 Å². The van der Waals surface area contributed by atoms with Crippen molar-refractivity contribution in [3.63, 3.8) is 0 Å². The number of sulfonamides is 1. The van der Waals surface area contributed by atoms with E-state index < -0.39 is 10.0 Å². The summed E-state index contributed by atoms with van der Waals surface area (Å²) in [5.74, 6) is 0.570. The Morgan fingerprint density at radius 2 is 2.10 bits per heavy atom. The summed E-state index contributed by atoms with van der Waals surface area (Å²) in [6.07, 6.45) is 0.260. The Morgan fingerprint density at radius 3 is 2.57 bits per heavy atom. The molecule has 0 amide bonds. The highest BCUT2D eigenvalue weighted by molar-refractivity contribution is 7.89. The second-order valence-electron chi connectivity index (χ2n) is 4.84. The fourth-order valence-electron chi connectivity index (χ4n) is 2.06. The molecule has 1 aromatic carbocycles. The average molecular weight is 313 g/mol. The van der Waals surface area contributed by atoms with Crippen molar-refractivity contribution in [3.8, 4) is 5.75 Å². The molecule has 0 saturated heterocycles. The number of benzene rings is 1. The molecule has 0 radical (unpaired) electrons. The lowest BCUT2D eigenvalue weighted by Gasteiger charge is -2.22. The third-order valence-corrected chi connectivity index (χ3v) is 5.09. The minimum absolute atomic E-state index is 0.123. The third-order valence-electron chi connectivity index (χ3n) is 3.07. The van der Waals surface area contributed by atoms with Crippen LogP contribution >= 0.6 is 0 Å². The van der Waals surface area contributed by atoms with Crippen LogP contribution in [0.25, 0.3) is 0 Å². The normalized spacial score (nSPS) is 11.7. The first-order chi connectivity index (χ1) is 9.86.